The van der Waals surface area contributed by atoms with Crippen LogP contribution in [-0.2, 0) is 13.1 Å². The number of nitrogens with one attached hydrogen (secondary N) is 2. The van der Waals surface area contributed by atoms with Crippen LogP contribution in [0.3, 0.4) is 0 Å². The van der Waals surface area contributed by atoms with E-state index in [4.69, 9.17) is 0 Å². The van der Waals surface area contributed by atoms with E-state index in [9.17, 15) is 0 Å². The van der Waals surface area contributed by atoms with Crippen molar-refractivity contribution < 1.29 is 0 Å². The number of aliphatic imine (C=N–C) groups is 1. The maximum atomic E-state index is 4.35. The topological polar surface area (TPSA) is 57.5 Å². The Morgan fingerprint density at radius 2 is 2.12 bits per heavy atom. The Kier molecular flexibility index (Phi) is 6.06. The molecule has 0 bridgehead atoms. The first kappa shape index (κ1) is 17.5. The number of nitrogens with zero attached hydrogens (tertiary/aromatic N) is 4. The molecule has 2 aromatic rings. The summed E-state index contributed by atoms with van der Waals surface area (Å²) in [5.74, 6) is 0.867. The maximum Gasteiger partial charge on any atom is 0.191 e. The summed E-state index contributed by atoms with van der Waals surface area (Å²) >= 11 is 0. The summed E-state index contributed by atoms with van der Waals surface area (Å²) in [4.78, 5) is 6.88. The highest BCUT2D eigenvalue weighted by molar-refractivity contribution is 5.80. The van der Waals surface area contributed by atoms with E-state index in [1.807, 2.05) is 24.0 Å². The number of guanidine groups is 1. The van der Waals surface area contributed by atoms with Gasteiger partial charge in [-0.15, -0.1) is 0 Å². The molecule has 2 heterocycles. The number of benzene rings is 1. The molecule has 0 radical (unpaired) electrons. The first-order chi connectivity index (χ1) is 12.2. The molecule has 2 unspecified atom stereocenters. The minimum absolute atomic E-state index is 0.426. The zero-order valence-corrected chi connectivity index (χ0v) is 15.1. The van der Waals surface area contributed by atoms with E-state index in [-0.39, 0.29) is 0 Å². The first-order valence-electron chi connectivity index (χ1n) is 8.97. The smallest absolute Gasteiger partial charge is 0.191 e. The lowest BCUT2D eigenvalue weighted by atomic mass is 10.2. The summed E-state index contributed by atoms with van der Waals surface area (Å²) in [6.45, 7) is 5.98. The normalized spacial score (nSPS) is 21.4. The van der Waals surface area contributed by atoms with Gasteiger partial charge in [0.15, 0.2) is 5.96 Å². The zero-order chi connectivity index (χ0) is 17.5. The highest BCUT2D eigenvalue weighted by Gasteiger charge is 2.29. The molecule has 1 aliphatic heterocycles. The third kappa shape index (κ3) is 5.06. The molecule has 1 aromatic heterocycles. The van der Waals surface area contributed by atoms with Crippen molar-refractivity contribution in [3.8, 4) is 0 Å². The summed E-state index contributed by atoms with van der Waals surface area (Å²) in [5.41, 5.74) is 1.37. The van der Waals surface area contributed by atoms with E-state index in [1.54, 1.807) is 6.20 Å². The fourth-order valence-corrected chi connectivity index (χ4v) is 3.35. The number of hydrogen-bond donors (Lipinski definition) is 2. The van der Waals surface area contributed by atoms with E-state index in [0.29, 0.717) is 12.1 Å². The second-order valence-corrected chi connectivity index (χ2v) is 6.61. The van der Waals surface area contributed by atoms with Gasteiger partial charge < -0.3 is 10.6 Å². The molecule has 25 heavy (non-hydrogen) atoms. The molecule has 1 fully saturated rings. The molecule has 0 amide bonds. The van der Waals surface area contributed by atoms with Crippen molar-refractivity contribution >= 4 is 5.96 Å². The number of likely N-dealkylation sites (tertiary alicyclic amines) is 1. The molecule has 1 aromatic carbocycles. The van der Waals surface area contributed by atoms with Crippen LogP contribution in [0.15, 0.2) is 53.8 Å². The van der Waals surface area contributed by atoms with E-state index in [1.165, 1.54) is 5.56 Å². The summed E-state index contributed by atoms with van der Waals surface area (Å²) < 4.78 is 1.92. The van der Waals surface area contributed by atoms with E-state index < -0.39 is 0 Å². The van der Waals surface area contributed by atoms with Crippen LogP contribution in [0.5, 0.6) is 0 Å². The molecule has 1 aliphatic rings. The summed E-state index contributed by atoms with van der Waals surface area (Å²) in [6.07, 6.45) is 4.90. The van der Waals surface area contributed by atoms with Gasteiger partial charge in [0.25, 0.3) is 0 Å². The van der Waals surface area contributed by atoms with Crippen LogP contribution >= 0.6 is 0 Å². The fraction of sp³-hybridized carbons (Fsp3) is 0.474. The van der Waals surface area contributed by atoms with Crippen molar-refractivity contribution in [2.24, 2.45) is 4.99 Å². The molecule has 0 spiro atoms. The van der Waals surface area contributed by atoms with Gasteiger partial charge in [-0.3, -0.25) is 14.6 Å². The Morgan fingerprint density at radius 3 is 2.84 bits per heavy atom. The fourth-order valence-electron chi connectivity index (χ4n) is 3.35. The lowest BCUT2D eigenvalue weighted by molar-refractivity contribution is 0.258. The van der Waals surface area contributed by atoms with Gasteiger partial charge in [-0.25, -0.2) is 0 Å². The molecule has 6 heteroatoms. The van der Waals surface area contributed by atoms with Crippen LogP contribution in [0.4, 0.5) is 0 Å². The Labute approximate surface area is 149 Å². The van der Waals surface area contributed by atoms with Gasteiger partial charge >= 0.3 is 0 Å². The van der Waals surface area contributed by atoms with Crippen LogP contribution in [0.25, 0.3) is 0 Å². The molecule has 6 nitrogen and oxygen atoms in total. The molecule has 2 atom stereocenters. The van der Waals surface area contributed by atoms with Crippen molar-refractivity contribution in [2.75, 3.05) is 20.1 Å². The van der Waals surface area contributed by atoms with Crippen LogP contribution < -0.4 is 10.6 Å². The van der Waals surface area contributed by atoms with Crippen LogP contribution in [0.1, 0.15) is 18.9 Å². The highest BCUT2D eigenvalue weighted by atomic mass is 15.3. The van der Waals surface area contributed by atoms with Gasteiger partial charge in [0, 0.05) is 51.2 Å². The average Bonchev–Trinajstić information content (AvgIpc) is 3.25. The van der Waals surface area contributed by atoms with Crippen LogP contribution in [0, 0.1) is 0 Å². The van der Waals surface area contributed by atoms with Gasteiger partial charge in [0.2, 0.25) is 0 Å². The molecular formula is C19H28N6. The minimum Gasteiger partial charge on any atom is -0.355 e. The van der Waals surface area contributed by atoms with E-state index in [2.05, 4.69) is 62.9 Å². The minimum atomic E-state index is 0.426. The Bertz CT molecular complexity index is 652. The first-order valence-corrected chi connectivity index (χ1v) is 8.97. The molecule has 3 rings (SSSR count). The van der Waals surface area contributed by atoms with Gasteiger partial charge in [-0.2, -0.15) is 5.10 Å². The molecule has 0 aliphatic carbocycles. The molecular weight excluding hydrogens is 312 g/mol. The molecule has 134 valence electrons. The van der Waals surface area contributed by atoms with E-state index >= 15 is 0 Å². The third-order valence-electron chi connectivity index (χ3n) is 4.69. The maximum absolute atomic E-state index is 4.35. The molecule has 2 N–H and O–H groups in total. The predicted octanol–water partition coefficient (Wildman–Crippen LogP) is 1.71. The second kappa shape index (κ2) is 8.67. The monoisotopic (exact) mass is 340 g/mol. The Hall–Kier alpha value is -2.34. The third-order valence-corrected chi connectivity index (χ3v) is 4.69. The standard InChI is InChI=1S/C19H28N6/c1-16-13-18(15-24(16)14-17-7-4-3-5-8-17)23-19(20-2)21-10-12-25-11-6-9-22-25/h3-9,11,16,18H,10,12-15H2,1-2H3,(H2,20,21,23). The second-order valence-electron chi connectivity index (χ2n) is 6.61. The van der Waals surface area contributed by atoms with Gasteiger partial charge in [0.1, 0.15) is 0 Å². The van der Waals surface area contributed by atoms with Gasteiger partial charge in [-0.05, 0) is 25.0 Å². The summed E-state index contributed by atoms with van der Waals surface area (Å²) in [7, 11) is 1.82. The molecule has 1 saturated heterocycles. The van der Waals surface area contributed by atoms with Crippen molar-refractivity contribution in [1.29, 1.82) is 0 Å². The zero-order valence-electron chi connectivity index (χ0n) is 15.1. The number of aromatic nitrogens is 2. The van der Waals surface area contributed by atoms with E-state index in [0.717, 1.165) is 38.6 Å². The number of hydrogen-bond acceptors (Lipinski definition) is 3. The van der Waals surface area contributed by atoms with Crippen molar-refractivity contribution in [2.45, 2.75) is 38.5 Å². The van der Waals surface area contributed by atoms with Crippen molar-refractivity contribution in [3.05, 3.63) is 54.4 Å². The van der Waals surface area contributed by atoms with Crippen molar-refractivity contribution in [1.82, 2.24) is 25.3 Å². The summed E-state index contributed by atoms with van der Waals surface area (Å²) in [5, 5.41) is 11.1. The Balaban J connectivity index is 1.45. The summed E-state index contributed by atoms with van der Waals surface area (Å²) in [6, 6.07) is 13.6. The molecule has 0 saturated carbocycles. The lowest BCUT2D eigenvalue weighted by Gasteiger charge is -2.21. The largest absolute Gasteiger partial charge is 0.355 e. The lowest BCUT2D eigenvalue weighted by Crippen LogP contribution is -2.45. The predicted molar refractivity (Wildman–Crippen MR) is 101 cm³/mol. The average molecular weight is 340 g/mol. The number of rotatable bonds is 6. The SMILES string of the molecule is CN=C(NCCn1cccn1)NC1CC(C)N(Cc2ccccc2)C1. The van der Waals surface area contributed by atoms with Crippen molar-refractivity contribution in [3.63, 3.8) is 0 Å². The quantitative estimate of drug-likeness (QED) is 0.621. The van der Waals surface area contributed by atoms with Gasteiger partial charge in [-0.1, -0.05) is 30.3 Å². The van der Waals surface area contributed by atoms with Crippen LogP contribution in [0.2, 0.25) is 0 Å². The highest BCUT2D eigenvalue weighted by Crippen LogP contribution is 2.20. The van der Waals surface area contributed by atoms with Gasteiger partial charge in [0.05, 0.1) is 6.54 Å². The van der Waals surface area contributed by atoms with Crippen LogP contribution in [-0.4, -0.2) is 52.9 Å². The Morgan fingerprint density at radius 1 is 1.28 bits per heavy atom.